The van der Waals surface area contributed by atoms with Crippen molar-refractivity contribution in [3.05, 3.63) is 28.0 Å². The van der Waals surface area contributed by atoms with Gasteiger partial charge in [-0.05, 0) is 40.5 Å². The van der Waals surface area contributed by atoms with Crippen molar-refractivity contribution < 1.29 is 13.9 Å². The number of carbonyl (C=O) groups is 1. The van der Waals surface area contributed by atoms with Gasteiger partial charge >= 0.3 is 0 Å². The lowest BCUT2D eigenvalue weighted by Gasteiger charge is -2.27. The summed E-state index contributed by atoms with van der Waals surface area (Å²) in [5, 5.41) is 3.05. The fourth-order valence-corrected chi connectivity index (χ4v) is 2.28. The van der Waals surface area contributed by atoms with Crippen LogP contribution >= 0.6 is 15.9 Å². The Kier molecular flexibility index (Phi) is 4.76. The Morgan fingerprint density at radius 3 is 2.84 bits per heavy atom. The fraction of sp³-hybridized carbons (Fsp3) is 0.462. The average Bonchev–Trinajstić information content (AvgIpc) is 2.42. The predicted molar refractivity (Wildman–Crippen MR) is 74.7 cm³/mol. The average molecular weight is 331 g/mol. The Balaban J connectivity index is 1.94. The van der Waals surface area contributed by atoms with Gasteiger partial charge in [0.1, 0.15) is 5.82 Å². The highest BCUT2D eigenvalue weighted by Gasteiger charge is 2.16. The van der Waals surface area contributed by atoms with E-state index in [0.717, 1.165) is 11.3 Å². The Morgan fingerprint density at radius 1 is 1.47 bits per heavy atom. The molecule has 1 aliphatic heterocycles. The van der Waals surface area contributed by atoms with E-state index in [2.05, 4.69) is 21.2 Å². The van der Waals surface area contributed by atoms with Crippen LogP contribution in [0.1, 0.15) is 5.56 Å². The first-order chi connectivity index (χ1) is 9.08. The zero-order valence-corrected chi connectivity index (χ0v) is 12.3. The van der Waals surface area contributed by atoms with Gasteiger partial charge in [0.25, 0.3) is 0 Å². The van der Waals surface area contributed by atoms with Gasteiger partial charge < -0.3 is 15.0 Å². The number of ether oxygens (including phenoxy) is 1. The van der Waals surface area contributed by atoms with E-state index in [9.17, 15) is 9.18 Å². The second kappa shape index (κ2) is 6.34. The molecule has 1 saturated heterocycles. The number of benzene rings is 1. The maximum Gasteiger partial charge on any atom is 0.242 e. The third-order valence-corrected chi connectivity index (χ3v) is 3.67. The van der Waals surface area contributed by atoms with Gasteiger partial charge in [-0.15, -0.1) is 0 Å². The van der Waals surface area contributed by atoms with E-state index >= 15 is 0 Å². The molecule has 1 aromatic rings. The van der Waals surface area contributed by atoms with Gasteiger partial charge in [-0.1, -0.05) is 0 Å². The molecule has 19 heavy (non-hydrogen) atoms. The van der Waals surface area contributed by atoms with E-state index in [0.29, 0.717) is 30.8 Å². The number of carbonyl (C=O) groups excluding carboxylic acids is 1. The molecule has 4 nitrogen and oxygen atoms in total. The minimum atomic E-state index is -0.303. The summed E-state index contributed by atoms with van der Waals surface area (Å²) in [4.78, 5) is 13.7. The maximum absolute atomic E-state index is 13.3. The molecule has 104 valence electrons. The third kappa shape index (κ3) is 3.67. The molecular weight excluding hydrogens is 315 g/mol. The van der Waals surface area contributed by atoms with Crippen LogP contribution in [0.25, 0.3) is 0 Å². The number of anilines is 1. The number of nitrogens with one attached hydrogen (secondary N) is 1. The molecule has 1 fully saturated rings. The number of aryl methyl sites for hydroxylation is 1. The lowest BCUT2D eigenvalue weighted by Crippen LogP contribution is -2.43. The van der Waals surface area contributed by atoms with Gasteiger partial charge in [-0.3, -0.25) is 4.79 Å². The molecule has 0 unspecified atom stereocenters. The van der Waals surface area contributed by atoms with Crippen molar-refractivity contribution in [2.45, 2.75) is 6.92 Å². The lowest BCUT2D eigenvalue weighted by molar-refractivity contribution is -0.133. The molecule has 0 spiro atoms. The van der Waals surface area contributed by atoms with Crippen molar-refractivity contribution in [3.8, 4) is 0 Å². The van der Waals surface area contributed by atoms with Crippen molar-refractivity contribution in [2.75, 3.05) is 38.2 Å². The van der Waals surface area contributed by atoms with Crippen molar-refractivity contribution in [1.29, 1.82) is 0 Å². The Bertz CT molecular complexity index is 476. The first kappa shape index (κ1) is 14.3. The minimum absolute atomic E-state index is 0.0307. The Labute approximate surface area is 120 Å². The summed E-state index contributed by atoms with van der Waals surface area (Å²) in [7, 11) is 0. The SMILES string of the molecule is Cc1cc(F)c(Br)cc1NCC(=O)N1CCOCC1. The largest absolute Gasteiger partial charge is 0.378 e. The predicted octanol–water partition coefficient (Wildman–Crippen LogP) is 2.17. The number of morpholine rings is 1. The van der Waals surface area contributed by atoms with Crippen LogP contribution in [0.5, 0.6) is 0 Å². The quantitative estimate of drug-likeness (QED) is 0.923. The van der Waals surface area contributed by atoms with Gasteiger partial charge in [-0.25, -0.2) is 4.39 Å². The molecule has 0 atom stereocenters. The van der Waals surface area contributed by atoms with E-state index < -0.39 is 0 Å². The number of hydrogen-bond donors (Lipinski definition) is 1. The molecule has 1 aromatic carbocycles. The van der Waals surface area contributed by atoms with Crippen LogP contribution < -0.4 is 5.32 Å². The van der Waals surface area contributed by atoms with Crippen molar-refractivity contribution in [2.24, 2.45) is 0 Å². The molecule has 0 aliphatic carbocycles. The van der Waals surface area contributed by atoms with Gasteiger partial charge in [0, 0.05) is 18.8 Å². The van der Waals surface area contributed by atoms with Crippen molar-refractivity contribution >= 4 is 27.5 Å². The standard InChI is InChI=1S/C13H16BrFN2O2/c1-9-6-11(15)10(14)7-12(9)16-8-13(18)17-2-4-19-5-3-17/h6-7,16H,2-5,8H2,1H3. The highest BCUT2D eigenvalue weighted by molar-refractivity contribution is 9.10. The summed E-state index contributed by atoms with van der Waals surface area (Å²) in [5.74, 6) is -0.272. The smallest absolute Gasteiger partial charge is 0.242 e. The van der Waals surface area contributed by atoms with Crippen molar-refractivity contribution in [3.63, 3.8) is 0 Å². The van der Waals surface area contributed by atoms with Crippen LogP contribution in [-0.2, 0) is 9.53 Å². The summed E-state index contributed by atoms with van der Waals surface area (Å²) >= 11 is 3.14. The van der Waals surface area contributed by atoms with E-state index in [1.54, 1.807) is 17.9 Å². The zero-order chi connectivity index (χ0) is 13.8. The van der Waals surface area contributed by atoms with Gasteiger partial charge in [0.05, 0.1) is 24.2 Å². The third-order valence-electron chi connectivity index (χ3n) is 3.06. The summed E-state index contributed by atoms with van der Waals surface area (Å²) in [5.41, 5.74) is 1.53. The topological polar surface area (TPSA) is 41.6 Å². The minimum Gasteiger partial charge on any atom is -0.378 e. The number of hydrogen-bond acceptors (Lipinski definition) is 3. The lowest BCUT2D eigenvalue weighted by atomic mass is 10.2. The Morgan fingerprint density at radius 2 is 2.16 bits per heavy atom. The fourth-order valence-electron chi connectivity index (χ4n) is 1.93. The van der Waals surface area contributed by atoms with E-state index in [1.807, 2.05) is 0 Å². The molecule has 1 aliphatic rings. The molecule has 1 N–H and O–H groups in total. The first-order valence-corrected chi connectivity index (χ1v) is 6.92. The summed E-state index contributed by atoms with van der Waals surface area (Å²) < 4.78 is 18.9. The first-order valence-electron chi connectivity index (χ1n) is 6.13. The highest BCUT2D eigenvalue weighted by atomic mass is 79.9. The van der Waals surface area contributed by atoms with Gasteiger partial charge in [-0.2, -0.15) is 0 Å². The number of amides is 1. The summed E-state index contributed by atoms with van der Waals surface area (Å²) in [6.45, 7) is 4.45. The zero-order valence-electron chi connectivity index (χ0n) is 10.7. The van der Waals surface area contributed by atoms with E-state index in [1.165, 1.54) is 6.07 Å². The normalized spacial score (nSPS) is 15.4. The van der Waals surface area contributed by atoms with Gasteiger partial charge in [0.2, 0.25) is 5.91 Å². The molecule has 6 heteroatoms. The molecule has 1 heterocycles. The van der Waals surface area contributed by atoms with E-state index in [4.69, 9.17) is 4.74 Å². The molecule has 0 aromatic heterocycles. The second-order valence-corrected chi connectivity index (χ2v) is 5.28. The number of rotatable bonds is 3. The number of nitrogens with zero attached hydrogens (tertiary/aromatic N) is 1. The van der Waals surface area contributed by atoms with Crippen LogP contribution in [0, 0.1) is 12.7 Å². The summed E-state index contributed by atoms with van der Waals surface area (Å²) in [6.07, 6.45) is 0. The molecule has 0 saturated carbocycles. The second-order valence-electron chi connectivity index (χ2n) is 4.43. The highest BCUT2D eigenvalue weighted by Crippen LogP contribution is 2.24. The molecule has 0 radical (unpaired) electrons. The molecular formula is C13H16BrFN2O2. The summed E-state index contributed by atoms with van der Waals surface area (Å²) in [6, 6.07) is 3.09. The van der Waals surface area contributed by atoms with Gasteiger partial charge in [0.15, 0.2) is 0 Å². The molecule has 2 rings (SSSR count). The van der Waals surface area contributed by atoms with Crippen LogP contribution in [0.4, 0.5) is 10.1 Å². The van der Waals surface area contributed by atoms with Crippen LogP contribution in [0.2, 0.25) is 0 Å². The Hall–Kier alpha value is -1.14. The van der Waals surface area contributed by atoms with Crippen molar-refractivity contribution in [1.82, 2.24) is 4.90 Å². The van der Waals surface area contributed by atoms with E-state index in [-0.39, 0.29) is 18.3 Å². The van der Waals surface area contributed by atoms with Crippen LogP contribution in [0.3, 0.4) is 0 Å². The molecule has 0 bridgehead atoms. The maximum atomic E-state index is 13.3. The van der Waals surface area contributed by atoms with Crippen LogP contribution in [-0.4, -0.2) is 43.7 Å². The molecule has 1 amide bonds. The van der Waals surface area contributed by atoms with Crippen LogP contribution in [0.15, 0.2) is 16.6 Å². The number of halogens is 2. The monoisotopic (exact) mass is 330 g/mol.